The fourth-order valence-corrected chi connectivity index (χ4v) is 4.63. The molecule has 0 saturated carbocycles. The molecule has 0 bridgehead atoms. The summed E-state index contributed by atoms with van der Waals surface area (Å²) in [5, 5.41) is 12.1. The van der Waals surface area contributed by atoms with Crippen LogP contribution in [0.2, 0.25) is 0 Å². The average Bonchev–Trinajstić information content (AvgIpc) is 3.27. The summed E-state index contributed by atoms with van der Waals surface area (Å²) in [6.45, 7) is 7.11. The third-order valence-corrected chi connectivity index (χ3v) is 6.24. The number of carbonyl (C=O) groups is 2. The van der Waals surface area contributed by atoms with Crippen LogP contribution in [0.25, 0.3) is 0 Å². The molecule has 4 rings (SSSR count). The van der Waals surface area contributed by atoms with Crippen molar-refractivity contribution in [1.82, 2.24) is 15.1 Å². The zero-order valence-corrected chi connectivity index (χ0v) is 19.1. The highest BCUT2D eigenvalue weighted by molar-refractivity contribution is 7.13. The second-order valence-corrected chi connectivity index (χ2v) is 9.31. The van der Waals surface area contributed by atoms with Gasteiger partial charge in [-0.1, -0.05) is 49.4 Å². The maximum atomic E-state index is 13.0. The van der Waals surface area contributed by atoms with Crippen molar-refractivity contribution in [3.8, 4) is 0 Å². The van der Waals surface area contributed by atoms with Crippen LogP contribution in [-0.2, 0) is 6.42 Å². The third-order valence-electron chi connectivity index (χ3n) is 5.30. The van der Waals surface area contributed by atoms with Gasteiger partial charge in [-0.15, -0.1) is 10.2 Å². The first kappa shape index (κ1) is 22.0. The molecule has 3 aromatic rings. The molecule has 0 radical (unpaired) electrons. The van der Waals surface area contributed by atoms with Crippen LogP contribution in [0.4, 0.5) is 11.4 Å². The van der Waals surface area contributed by atoms with Gasteiger partial charge in [0.1, 0.15) is 5.01 Å². The van der Waals surface area contributed by atoms with Crippen LogP contribution in [-0.4, -0.2) is 53.1 Å². The molecule has 0 aliphatic carbocycles. The summed E-state index contributed by atoms with van der Waals surface area (Å²) in [5.41, 5.74) is 2.32. The number of piperazine rings is 1. The van der Waals surface area contributed by atoms with Gasteiger partial charge in [0, 0.05) is 49.5 Å². The molecule has 166 valence electrons. The summed E-state index contributed by atoms with van der Waals surface area (Å²) in [4.78, 5) is 29.7. The fraction of sp³-hybridized carbons (Fsp3) is 0.333. The van der Waals surface area contributed by atoms with Gasteiger partial charge in [0.2, 0.25) is 5.01 Å². The molecule has 1 N–H and O–H groups in total. The zero-order chi connectivity index (χ0) is 22.5. The largest absolute Gasteiger partial charge is 0.368 e. The number of hydrogen-bond donors (Lipinski definition) is 1. The first-order valence-electron chi connectivity index (χ1n) is 10.8. The molecule has 1 aliphatic rings. The van der Waals surface area contributed by atoms with Crippen molar-refractivity contribution in [2.24, 2.45) is 5.92 Å². The van der Waals surface area contributed by atoms with Gasteiger partial charge in [0.25, 0.3) is 11.8 Å². The molecule has 0 atom stereocenters. The number of para-hydroxylation sites is 1. The molecular weight excluding hydrogens is 422 g/mol. The quantitative estimate of drug-likeness (QED) is 0.617. The van der Waals surface area contributed by atoms with Gasteiger partial charge in [0.15, 0.2) is 0 Å². The van der Waals surface area contributed by atoms with E-state index in [-0.39, 0.29) is 11.8 Å². The minimum atomic E-state index is -0.307. The summed E-state index contributed by atoms with van der Waals surface area (Å²) in [5.74, 6) is 0.124. The van der Waals surface area contributed by atoms with Crippen LogP contribution in [0.5, 0.6) is 0 Å². The first-order chi connectivity index (χ1) is 15.5. The predicted molar refractivity (Wildman–Crippen MR) is 127 cm³/mol. The van der Waals surface area contributed by atoms with Gasteiger partial charge < -0.3 is 15.1 Å². The van der Waals surface area contributed by atoms with Gasteiger partial charge in [0.05, 0.1) is 0 Å². The van der Waals surface area contributed by atoms with Crippen LogP contribution in [0.15, 0.2) is 54.6 Å². The number of amides is 2. The second-order valence-electron chi connectivity index (χ2n) is 8.25. The third kappa shape index (κ3) is 5.31. The Labute approximate surface area is 192 Å². The van der Waals surface area contributed by atoms with E-state index in [1.54, 1.807) is 24.3 Å². The van der Waals surface area contributed by atoms with Crippen molar-refractivity contribution in [3.63, 3.8) is 0 Å². The molecule has 7 nitrogen and oxygen atoms in total. The smallest absolute Gasteiger partial charge is 0.286 e. The highest BCUT2D eigenvalue weighted by atomic mass is 32.1. The monoisotopic (exact) mass is 449 g/mol. The van der Waals surface area contributed by atoms with Gasteiger partial charge in [-0.3, -0.25) is 9.59 Å². The molecule has 1 aliphatic heterocycles. The Morgan fingerprint density at radius 1 is 1.00 bits per heavy atom. The minimum Gasteiger partial charge on any atom is -0.368 e. The van der Waals surface area contributed by atoms with E-state index >= 15 is 0 Å². The van der Waals surface area contributed by atoms with Crippen molar-refractivity contribution >= 4 is 34.5 Å². The van der Waals surface area contributed by atoms with E-state index in [0.29, 0.717) is 35.3 Å². The molecule has 0 unspecified atom stereocenters. The molecule has 0 spiro atoms. The summed E-state index contributed by atoms with van der Waals surface area (Å²) >= 11 is 1.31. The lowest BCUT2D eigenvalue weighted by molar-refractivity contribution is 0.0746. The number of aromatic nitrogens is 2. The summed E-state index contributed by atoms with van der Waals surface area (Å²) in [7, 11) is 0. The Balaban J connectivity index is 1.37. The van der Waals surface area contributed by atoms with E-state index in [4.69, 9.17) is 0 Å². The van der Waals surface area contributed by atoms with Crippen molar-refractivity contribution in [2.75, 3.05) is 36.4 Å². The van der Waals surface area contributed by atoms with Crippen molar-refractivity contribution in [3.05, 3.63) is 70.2 Å². The molecule has 2 amide bonds. The first-order valence-corrected chi connectivity index (χ1v) is 11.6. The predicted octanol–water partition coefficient (Wildman–Crippen LogP) is 3.95. The van der Waals surface area contributed by atoms with Gasteiger partial charge in [-0.25, -0.2) is 0 Å². The summed E-state index contributed by atoms with van der Waals surface area (Å²) in [6, 6.07) is 17.3. The summed E-state index contributed by atoms with van der Waals surface area (Å²) < 4.78 is 0. The van der Waals surface area contributed by atoms with Gasteiger partial charge in [-0.05, 0) is 36.2 Å². The lowest BCUT2D eigenvalue weighted by Crippen LogP contribution is -2.48. The van der Waals surface area contributed by atoms with Crippen LogP contribution in [0, 0.1) is 5.92 Å². The van der Waals surface area contributed by atoms with Crippen LogP contribution >= 0.6 is 11.3 Å². The fourth-order valence-electron chi connectivity index (χ4n) is 3.68. The maximum Gasteiger partial charge on any atom is 0.286 e. The molecule has 2 heterocycles. The van der Waals surface area contributed by atoms with E-state index in [1.807, 2.05) is 23.1 Å². The Hall–Kier alpha value is -3.26. The Morgan fingerprint density at radius 2 is 1.75 bits per heavy atom. The van der Waals surface area contributed by atoms with Gasteiger partial charge >= 0.3 is 0 Å². The van der Waals surface area contributed by atoms with Crippen LogP contribution < -0.4 is 10.2 Å². The highest BCUT2D eigenvalue weighted by Gasteiger charge is 2.23. The van der Waals surface area contributed by atoms with Crippen LogP contribution in [0.1, 0.15) is 39.0 Å². The molecule has 1 fully saturated rings. The molecule has 8 heteroatoms. The molecule has 1 saturated heterocycles. The van der Waals surface area contributed by atoms with Crippen molar-refractivity contribution in [2.45, 2.75) is 20.3 Å². The Bertz CT molecular complexity index is 1070. The molecule has 1 aromatic heterocycles. The lowest BCUT2D eigenvalue weighted by atomic mass is 10.1. The number of nitrogens with zero attached hydrogens (tertiary/aromatic N) is 4. The topological polar surface area (TPSA) is 78.4 Å². The summed E-state index contributed by atoms with van der Waals surface area (Å²) in [6.07, 6.45) is 0.798. The normalized spacial score (nSPS) is 14.0. The second kappa shape index (κ2) is 9.91. The van der Waals surface area contributed by atoms with E-state index in [2.05, 4.69) is 46.4 Å². The van der Waals surface area contributed by atoms with E-state index in [0.717, 1.165) is 24.5 Å². The van der Waals surface area contributed by atoms with Gasteiger partial charge in [-0.2, -0.15) is 0 Å². The molecule has 2 aromatic carbocycles. The number of carbonyl (C=O) groups excluding carboxylic acids is 2. The van der Waals surface area contributed by atoms with Crippen molar-refractivity contribution in [1.29, 1.82) is 0 Å². The zero-order valence-electron chi connectivity index (χ0n) is 18.3. The number of nitrogens with one attached hydrogen (secondary N) is 1. The number of hydrogen-bond acceptors (Lipinski definition) is 6. The highest BCUT2D eigenvalue weighted by Crippen LogP contribution is 2.20. The molecular formula is C24H27N5O2S. The lowest BCUT2D eigenvalue weighted by Gasteiger charge is -2.36. The maximum absolute atomic E-state index is 13.0. The minimum absolute atomic E-state index is 0.0241. The SMILES string of the molecule is CC(C)Cc1nnc(C(=O)Nc2cccc(C(=O)N3CCN(c4ccccc4)CC3)c2)s1. The van der Waals surface area contributed by atoms with E-state index < -0.39 is 0 Å². The Morgan fingerprint density at radius 3 is 2.47 bits per heavy atom. The number of rotatable bonds is 6. The number of anilines is 2. The number of benzene rings is 2. The average molecular weight is 450 g/mol. The molecule has 32 heavy (non-hydrogen) atoms. The van der Waals surface area contributed by atoms with E-state index in [9.17, 15) is 9.59 Å². The van der Waals surface area contributed by atoms with Crippen LogP contribution in [0.3, 0.4) is 0 Å². The Kier molecular flexibility index (Phi) is 6.80. The van der Waals surface area contributed by atoms with E-state index in [1.165, 1.54) is 17.0 Å². The standard InChI is InChI=1S/C24H27N5O2S/c1-17(2)15-21-26-27-23(32-21)22(30)25-19-8-6-7-18(16-19)24(31)29-13-11-28(12-14-29)20-9-4-3-5-10-20/h3-10,16-17H,11-15H2,1-2H3,(H,25,30). The van der Waals surface area contributed by atoms with Crippen molar-refractivity contribution < 1.29 is 9.59 Å².